The second kappa shape index (κ2) is 5.98. The Balaban J connectivity index is 1.87. The number of aryl methyl sites for hydroxylation is 2. The quantitative estimate of drug-likeness (QED) is 0.919. The Hall–Kier alpha value is -0.980. The van der Waals surface area contributed by atoms with Gasteiger partial charge in [0.1, 0.15) is 0 Å². The number of hydrogen-bond acceptors (Lipinski definition) is 5. The standard InChI is InChI=1S/C13H21N3O2S/c1-8-5-16(6-9(2)18-8)7-12(17)15-13-14-10(3)11(4)19-13/h8-9H,5-7H2,1-4H3,(H,14,15,17)/t8-,9+. The van der Waals surface area contributed by atoms with Gasteiger partial charge in [0.2, 0.25) is 5.91 Å². The van der Waals surface area contributed by atoms with Crippen molar-refractivity contribution in [3.63, 3.8) is 0 Å². The van der Waals surface area contributed by atoms with E-state index < -0.39 is 0 Å². The van der Waals surface area contributed by atoms with Crippen LogP contribution in [0.5, 0.6) is 0 Å². The van der Waals surface area contributed by atoms with Gasteiger partial charge in [0.25, 0.3) is 0 Å². The first kappa shape index (κ1) is 14.4. The molecule has 19 heavy (non-hydrogen) atoms. The number of thiazole rings is 1. The fraction of sp³-hybridized carbons (Fsp3) is 0.692. The molecule has 2 atom stereocenters. The fourth-order valence-corrected chi connectivity index (χ4v) is 3.13. The van der Waals surface area contributed by atoms with Crippen LogP contribution < -0.4 is 5.32 Å². The minimum Gasteiger partial charge on any atom is -0.373 e. The Labute approximate surface area is 118 Å². The lowest BCUT2D eigenvalue weighted by molar-refractivity contribution is -0.121. The third kappa shape index (κ3) is 3.99. The van der Waals surface area contributed by atoms with Crippen molar-refractivity contribution >= 4 is 22.4 Å². The van der Waals surface area contributed by atoms with Gasteiger partial charge in [0.05, 0.1) is 24.4 Å². The van der Waals surface area contributed by atoms with Crippen LogP contribution in [0.1, 0.15) is 24.4 Å². The maximum absolute atomic E-state index is 12.0. The maximum atomic E-state index is 12.0. The smallest absolute Gasteiger partial charge is 0.240 e. The molecule has 0 bridgehead atoms. The van der Waals surface area contributed by atoms with Crippen LogP contribution in [0.3, 0.4) is 0 Å². The van der Waals surface area contributed by atoms with Gasteiger partial charge in [0.15, 0.2) is 5.13 Å². The van der Waals surface area contributed by atoms with Gasteiger partial charge in [-0.3, -0.25) is 9.69 Å². The molecule has 2 heterocycles. The molecular weight excluding hydrogens is 262 g/mol. The van der Waals surface area contributed by atoms with E-state index in [0.717, 1.165) is 23.7 Å². The number of nitrogens with one attached hydrogen (secondary N) is 1. The molecule has 106 valence electrons. The van der Waals surface area contributed by atoms with Crippen LogP contribution in [0, 0.1) is 13.8 Å². The molecule has 2 rings (SSSR count). The third-order valence-electron chi connectivity index (χ3n) is 3.14. The Bertz CT molecular complexity index is 431. The molecule has 1 saturated heterocycles. The molecule has 6 heteroatoms. The molecule has 5 nitrogen and oxygen atoms in total. The van der Waals surface area contributed by atoms with E-state index in [1.165, 1.54) is 11.3 Å². The van der Waals surface area contributed by atoms with Crippen LogP contribution in [-0.4, -0.2) is 47.6 Å². The van der Waals surface area contributed by atoms with Crippen molar-refractivity contribution in [3.8, 4) is 0 Å². The average Bonchev–Trinajstić information content (AvgIpc) is 2.55. The zero-order chi connectivity index (χ0) is 14.0. The SMILES string of the molecule is Cc1nc(NC(=O)CN2C[C@@H](C)O[C@@H](C)C2)sc1C. The zero-order valence-electron chi connectivity index (χ0n) is 11.9. The number of aromatic nitrogens is 1. The minimum absolute atomic E-state index is 0.00458. The van der Waals surface area contributed by atoms with Crippen molar-refractivity contribution in [2.45, 2.75) is 39.9 Å². The number of anilines is 1. The molecule has 1 N–H and O–H groups in total. The van der Waals surface area contributed by atoms with E-state index in [1.54, 1.807) is 0 Å². The number of carbonyl (C=O) groups excluding carboxylic acids is 1. The number of amides is 1. The van der Waals surface area contributed by atoms with Gasteiger partial charge < -0.3 is 10.1 Å². The summed E-state index contributed by atoms with van der Waals surface area (Å²) >= 11 is 1.52. The number of ether oxygens (including phenoxy) is 1. The maximum Gasteiger partial charge on any atom is 0.240 e. The molecule has 1 aliphatic rings. The average molecular weight is 283 g/mol. The van der Waals surface area contributed by atoms with E-state index in [9.17, 15) is 4.79 Å². The van der Waals surface area contributed by atoms with Gasteiger partial charge in [-0.2, -0.15) is 0 Å². The van der Waals surface area contributed by atoms with Crippen LogP contribution in [0.15, 0.2) is 0 Å². The lowest BCUT2D eigenvalue weighted by Gasteiger charge is -2.34. The summed E-state index contributed by atoms with van der Waals surface area (Å²) in [5.41, 5.74) is 0.980. The summed E-state index contributed by atoms with van der Waals surface area (Å²) in [4.78, 5) is 19.6. The van der Waals surface area contributed by atoms with Gasteiger partial charge in [-0.25, -0.2) is 4.98 Å². The predicted octanol–water partition coefficient (Wildman–Crippen LogP) is 1.81. The topological polar surface area (TPSA) is 54.5 Å². The third-order valence-corrected chi connectivity index (χ3v) is 4.13. The molecule has 0 unspecified atom stereocenters. The highest BCUT2D eigenvalue weighted by Crippen LogP contribution is 2.21. The summed E-state index contributed by atoms with van der Waals surface area (Å²) < 4.78 is 5.65. The van der Waals surface area contributed by atoms with E-state index in [2.05, 4.69) is 15.2 Å². The summed E-state index contributed by atoms with van der Waals surface area (Å²) in [6.45, 7) is 10.0. The highest BCUT2D eigenvalue weighted by atomic mass is 32.1. The summed E-state index contributed by atoms with van der Waals surface area (Å²) in [6, 6.07) is 0. The van der Waals surface area contributed by atoms with E-state index in [0.29, 0.717) is 11.7 Å². The van der Waals surface area contributed by atoms with E-state index in [4.69, 9.17) is 4.74 Å². The summed E-state index contributed by atoms with van der Waals surface area (Å²) in [5.74, 6) is -0.00458. The summed E-state index contributed by atoms with van der Waals surface area (Å²) in [5, 5.41) is 3.56. The Morgan fingerprint density at radius 2 is 2.05 bits per heavy atom. The predicted molar refractivity (Wildman–Crippen MR) is 76.7 cm³/mol. The molecule has 1 aromatic rings. The van der Waals surface area contributed by atoms with E-state index in [-0.39, 0.29) is 18.1 Å². The second-order valence-corrected chi connectivity index (χ2v) is 6.36. The monoisotopic (exact) mass is 283 g/mol. The molecule has 0 saturated carbocycles. The van der Waals surface area contributed by atoms with Gasteiger partial charge in [-0.1, -0.05) is 0 Å². The van der Waals surface area contributed by atoms with Crippen molar-refractivity contribution in [1.82, 2.24) is 9.88 Å². The molecular formula is C13H21N3O2S. The van der Waals surface area contributed by atoms with Crippen molar-refractivity contribution in [1.29, 1.82) is 0 Å². The van der Waals surface area contributed by atoms with Gasteiger partial charge in [0, 0.05) is 18.0 Å². The number of carbonyl (C=O) groups is 1. The summed E-state index contributed by atoms with van der Waals surface area (Å²) in [7, 11) is 0. The molecule has 0 aromatic carbocycles. The highest BCUT2D eigenvalue weighted by Gasteiger charge is 2.23. The molecule has 1 aliphatic heterocycles. The van der Waals surface area contributed by atoms with Gasteiger partial charge in [-0.05, 0) is 27.7 Å². The van der Waals surface area contributed by atoms with Crippen molar-refractivity contribution < 1.29 is 9.53 Å². The number of nitrogens with zero attached hydrogens (tertiary/aromatic N) is 2. The first-order valence-corrected chi connectivity index (χ1v) is 7.37. The van der Waals surface area contributed by atoms with Crippen molar-refractivity contribution in [3.05, 3.63) is 10.6 Å². The number of hydrogen-bond donors (Lipinski definition) is 1. The molecule has 0 aliphatic carbocycles. The molecule has 1 aromatic heterocycles. The fourth-order valence-electron chi connectivity index (χ4n) is 2.30. The van der Waals surface area contributed by atoms with Crippen LogP contribution in [0.4, 0.5) is 5.13 Å². The Morgan fingerprint density at radius 1 is 1.42 bits per heavy atom. The first-order valence-electron chi connectivity index (χ1n) is 6.55. The molecule has 0 radical (unpaired) electrons. The van der Waals surface area contributed by atoms with E-state index >= 15 is 0 Å². The number of rotatable bonds is 3. The number of morpholine rings is 1. The largest absolute Gasteiger partial charge is 0.373 e. The molecule has 1 amide bonds. The highest BCUT2D eigenvalue weighted by molar-refractivity contribution is 7.15. The summed E-state index contributed by atoms with van der Waals surface area (Å²) in [6.07, 6.45) is 0.363. The molecule has 0 spiro atoms. The molecule has 1 fully saturated rings. The zero-order valence-corrected chi connectivity index (χ0v) is 12.7. The van der Waals surface area contributed by atoms with Crippen LogP contribution >= 0.6 is 11.3 Å². The Kier molecular flexibility index (Phi) is 4.54. The minimum atomic E-state index is -0.00458. The van der Waals surface area contributed by atoms with Gasteiger partial charge in [-0.15, -0.1) is 11.3 Å². The van der Waals surface area contributed by atoms with Gasteiger partial charge >= 0.3 is 0 Å². The Morgan fingerprint density at radius 3 is 2.58 bits per heavy atom. The van der Waals surface area contributed by atoms with Crippen LogP contribution in [0.2, 0.25) is 0 Å². The lowest BCUT2D eigenvalue weighted by atomic mass is 10.2. The van der Waals surface area contributed by atoms with Crippen LogP contribution in [0.25, 0.3) is 0 Å². The lowest BCUT2D eigenvalue weighted by Crippen LogP contribution is -2.48. The van der Waals surface area contributed by atoms with Crippen molar-refractivity contribution in [2.75, 3.05) is 25.0 Å². The normalized spacial score (nSPS) is 24.4. The first-order chi connectivity index (χ1) is 8.94. The van der Waals surface area contributed by atoms with E-state index in [1.807, 2.05) is 27.7 Å². The van der Waals surface area contributed by atoms with Crippen molar-refractivity contribution in [2.24, 2.45) is 0 Å². The van der Waals surface area contributed by atoms with Crippen LogP contribution in [-0.2, 0) is 9.53 Å². The second-order valence-electron chi connectivity index (χ2n) is 5.16.